The topological polar surface area (TPSA) is 58.6 Å². The zero-order chi connectivity index (χ0) is 21.0. The van der Waals surface area contributed by atoms with E-state index < -0.39 is 11.7 Å². The van der Waals surface area contributed by atoms with E-state index >= 15 is 0 Å². The number of hydrogen-bond donors (Lipinski definition) is 1. The Morgan fingerprint density at radius 3 is 2.28 bits per heavy atom. The summed E-state index contributed by atoms with van der Waals surface area (Å²) in [5.74, 6) is 0.0716. The summed E-state index contributed by atoms with van der Waals surface area (Å²) in [6, 6.07) is 11.0. The van der Waals surface area contributed by atoms with E-state index in [1.54, 1.807) is 29.2 Å². The second-order valence-corrected chi connectivity index (χ2v) is 6.85. The molecule has 0 unspecified atom stereocenters. The average Bonchev–Trinajstić information content (AvgIpc) is 2.73. The van der Waals surface area contributed by atoms with Crippen LogP contribution in [0.2, 0.25) is 0 Å². The van der Waals surface area contributed by atoms with E-state index in [4.69, 9.17) is 4.74 Å². The SMILES string of the molecule is COc1cccc(C(=O)NC2CCN(C(=O)c3ccc(C(F)(F)F)cc3)CC2)c1. The van der Waals surface area contributed by atoms with Crippen LogP contribution in [0.5, 0.6) is 5.75 Å². The second-order valence-electron chi connectivity index (χ2n) is 6.85. The summed E-state index contributed by atoms with van der Waals surface area (Å²) >= 11 is 0. The van der Waals surface area contributed by atoms with Crippen LogP contribution in [0.15, 0.2) is 48.5 Å². The molecule has 1 N–H and O–H groups in total. The fourth-order valence-electron chi connectivity index (χ4n) is 3.24. The standard InChI is InChI=1S/C21H21F3N2O3/c1-29-18-4-2-3-15(13-18)19(27)25-17-9-11-26(12-10-17)20(28)14-5-7-16(8-6-14)21(22,23)24/h2-8,13,17H,9-12H2,1H3,(H,25,27). The van der Waals surface area contributed by atoms with Gasteiger partial charge in [-0.25, -0.2) is 0 Å². The molecule has 2 aromatic rings. The molecule has 0 aliphatic carbocycles. The van der Waals surface area contributed by atoms with Crippen LogP contribution in [0.25, 0.3) is 0 Å². The Morgan fingerprint density at radius 1 is 1.03 bits per heavy atom. The maximum atomic E-state index is 12.7. The molecule has 154 valence electrons. The maximum absolute atomic E-state index is 12.7. The molecule has 1 saturated heterocycles. The molecule has 2 amide bonds. The van der Waals surface area contributed by atoms with Crippen LogP contribution in [0.4, 0.5) is 13.2 Å². The Labute approximate surface area is 166 Å². The van der Waals surface area contributed by atoms with Crippen molar-refractivity contribution in [2.75, 3.05) is 20.2 Å². The molecule has 0 radical (unpaired) electrons. The first-order chi connectivity index (χ1) is 13.8. The monoisotopic (exact) mass is 406 g/mol. The van der Waals surface area contributed by atoms with Crippen LogP contribution in [-0.4, -0.2) is 43.0 Å². The highest BCUT2D eigenvalue weighted by atomic mass is 19.4. The number of halogens is 3. The lowest BCUT2D eigenvalue weighted by Gasteiger charge is -2.32. The fraction of sp³-hybridized carbons (Fsp3) is 0.333. The third-order valence-corrected chi connectivity index (χ3v) is 4.91. The van der Waals surface area contributed by atoms with Gasteiger partial charge in [-0.05, 0) is 55.3 Å². The quantitative estimate of drug-likeness (QED) is 0.842. The number of piperidine rings is 1. The minimum absolute atomic E-state index is 0.0784. The number of alkyl halides is 3. The number of amides is 2. The first-order valence-electron chi connectivity index (χ1n) is 9.19. The number of methoxy groups -OCH3 is 1. The molecule has 1 fully saturated rings. The summed E-state index contributed by atoms with van der Waals surface area (Å²) in [4.78, 5) is 26.5. The van der Waals surface area contributed by atoms with Crippen LogP contribution in [0.1, 0.15) is 39.1 Å². The molecule has 1 aliphatic rings. The Kier molecular flexibility index (Phi) is 6.10. The number of benzene rings is 2. The van der Waals surface area contributed by atoms with Gasteiger partial charge in [0.2, 0.25) is 0 Å². The molecular formula is C21H21F3N2O3. The second kappa shape index (κ2) is 8.55. The fourth-order valence-corrected chi connectivity index (χ4v) is 3.24. The number of ether oxygens (including phenoxy) is 1. The number of rotatable bonds is 4. The van der Waals surface area contributed by atoms with E-state index in [-0.39, 0.29) is 23.4 Å². The van der Waals surface area contributed by atoms with Crippen molar-refractivity contribution in [2.45, 2.75) is 25.1 Å². The highest BCUT2D eigenvalue weighted by Gasteiger charge is 2.31. The molecule has 8 heteroatoms. The van der Waals surface area contributed by atoms with Gasteiger partial charge in [-0.15, -0.1) is 0 Å². The lowest BCUT2D eigenvalue weighted by Crippen LogP contribution is -2.46. The minimum atomic E-state index is -4.43. The predicted octanol–water partition coefficient (Wildman–Crippen LogP) is 3.75. The van der Waals surface area contributed by atoms with Crippen molar-refractivity contribution in [2.24, 2.45) is 0 Å². The molecule has 3 rings (SSSR count). The largest absolute Gasteiger partial charge is 0.497 e. The molecule has 5 nitrogen and oxygen atoms in total. The van der Waals surface area contributed by atoms with Crippen molar-refractivity contribution in [1.29, 1.82) is 0 Å². The van der Waals surface area contributed by atoms with Crippen molar-refractivity contribution in [3.63, 3.8) is 0 Å². The third kappa shape index (κ3) is 5.07. The lowest BCUT2D eigenvalue weighted by atomic mass is 10.0. The van der Waals surface area contributed by atoms with E-state index in [1.807, 2.05) is 0 Å². The van der Waals surface area contributed by atoms with Crippen LogP contribution >= 0.6 is 0 Å². The van der Waals surface area contributed by atoms with E-state index in [9.17, 15) is 22.8 Å². The van der Waals surface area contributed by atoms with Gasteiger partial charge >= 0.3 is 6.18 Å². The minimum Gasteiger partial charge on any atom is -0.497 e. The molecule has 0 aromatic heterocycles. The average molecular weight is 406 g/mol. The van der Waals surface area contributed by atoms with E-state index in [0.29, 0.717) is 37.2 Å². The van der Waals surface area contributed by atoms with Crippen LogP contribution < -0.4 is 10.1 Å². The summed E-state index contributed by atoms with van der Waals surface area (Å²) in [7, 11) is 1.53. The van der Waals surface area contributed by atoms with Gasteiger partial charge < -0.3 is 15.0 Å². The van der Waals surface area contributed by atoms with Crippen molar-refractivity contribution >= 4 is 11.8 Å². The first kappa shape index (κ1) is 20.7. The number of likely N-dealkylation sites (tertiary alicyclic amines) is 1. The highest BCUT2D eigenvalue weighted by Crippen LogP contribution is 2.29. The molecule has 29 heavy (non-hydrogen) atoms. The molecule has 0 saturated carbocycles. The van der Waals surface area contributed by atoms with E-state index in [1.165, 1.54) is 19.2 Å². The molecular weight excluding hydrogens is 385 g/mol. The first-order valence-corrected chi connectivity index (χ1v) is 9.19. The van der Waals surface area contributed by atoms with Gasteiger partial charge in [0.1, 0.15) is 5.75 Å². The summed E-state index contributed by atoms with van der Waals surface area (Å²) in [5, 5.41) is 2.95. The molecule has 1 aliphatic heterocycles. The van der Waals surface area contributed by atoms with Gasteiger partial charge in [-0.1, -0.05) is 6.07 Å². The number of carbonyl (C=O) groups is 2. The molecule has 0 atom stereocenters. The number of hydrogen-bond acceptors (Lipinski definition) is 3. The van der Waals surface area contributed by atoms with Gasteiger partial charge in [0.15, 0.2) is 0 Å². The zero-order valence-corrected chi connectivity index (χ0v) is 15.8. The van der Waals surface area contributed by atoms with Crippen molar-refractivity contribution < 1.29 is 27.5 Å². The normalized spacial score (nSPS) is 15.1. The van der Waals surface area contributed by atoms with Gasteiger partial charge in [0.25, 0.3) is 11.8 Å². The molecule has 2 aromatic carbocycles. The Balaban J connectivity index is 1.54. The van der Waals surface area contributed by atoms with Crippen LogP contribution in [0.3, 0.4) is 0 Å². The van der Waals surface area contributed by atoms with E-state index in [0.717, 1.165) is 12.1 Å². The Hall–Kier alpha value is -3.03. The Bertz CT molecular complexity index is 873. The maximum Gasteiger partial charge on any atom is 0.416 e. The van der Waals surface area contributed by atoms with Crippen molar-refractivity contribution in [3.05, 3.63) is 65.2 Å². The number of nitrogens with one attached hydrogen (secondary N) is 1. The summed E-state index contributed by atoms with van der Waals surface area (Å²) in [6.45, 7) is 0.839. The number of nitrogens with zero attached hydrogens (tertiary/aromatic N) is 1. The molecule has 0 bridgehead atoms. The van der Waals surface area contributed by atoms with Crippen LogP contribution in [0, 0.1) is 0 Å². The van der Waals surface area contributed by atoms with Crippen molar-refractivity contribution in [3.8, 4) is 5.75 Å². The summed E-state index contributed by atoms with van der Waals surface area (Å²) < 4.78 is 43.1. The van der Waals surface area contributed by atoms with E-state index in [2.05, 4.69) is 5.32 Å². The zero-order valence-electron chi connectivity index (χ0n) is 15.8. The van der Waals surface area contributed by atoms with Gasteiger partial charge in [-0.2, -0.15) is 13.2 Å². The lowest BCUT2D eigenvalue weighted by molar-refractivity contribution is -0.137. The third-order valence-electron chi connectivity index (χ3n) is 4.91. The van der Waals surface area contributed by atoms with Gasteiger partial charge in [0, 0.05) is 30.3 Å². The number of carbonyl (C=O) groups excluding carboxylic acids is 2. The summed E-state index contributed by atoms with van der Waals surface area (Å²) in [6.07, 6.45) is -3.29. The summed E-state index contributed by atoms with van der Waals surface area (Å²) in [5.41, 5.74) is -0.0718. The smallest absolute Gasteiger partial charge is 0.416 e. The van der Waals surface area contributed by atoms with Gasteiger partial charge in [0.05, 0.1) is 12.7 Å². The van der Waals surface area contributed by atoms with Gasteiger partial charge in [-0.3, -0.25) is 9.59 Å². The molecule has 0 spiro atoms. The van der Waals surface area contributed by atoms with Crippen LogP contribution in [-0.2, 0) is 6.18 Å². The highest BCUT2D eigenvalue weighted by molar-refractivity contribution is 5.95. The van der Waals surface area contributed by atoms with Crippen molar-refractivity contribution in [1.82, 2.24) is 10.2 Å². The predicted molar refractivity (Wildman–Crippen MR) is 101 cm³/mol. The molecule has 1 heterocycles. The Morgan fingerprint density at radius 2 is 1.69 bits per heavy atom.